The topological polar surface area (TPSA) is 38.7 Å². The number of fused-ring (bicyclic) bond motifs is 1. The lowest BCUT2D eigenvalue weighted by Gasteiger charge is -2.48. The molecule has 1 aromatic rings. The third-order valence-corrected chi connectivity index (χ3v) is 5.07. The Bertz CT molecular complexity index is 485. The van der Waals surface area contributed by atoms with Crippen LogP contribution in [0.25, 0.3) is 0 Å². The lowest BCUT2D eigenvalue weighted by molar-refractivity contribution is -0.0783. The molecule has 1 saturated carbocycles. The highest BCUT2D eigenvalue weighted by molar-refractivity contribution is 5.44. The number of ether oxygens (including phenoxy) is 2. The lowest BCUT2D eigenvalue weighted by Crippen LogP contribution is -2.49. The molecule has 3 atom stereocenters. The normalized spacial score (nSPS) is 32.5. The van der Waals surface area contributed by atoms with Gasteiger partial charge in [-0.3, -0.25) is 0 Å². The maximum atomic E-state index is 10.5. The molecule has 3 heteroatoms. The fourth-order valence-electron chi connectivity index (χ4n) is 3.96. The van der Waals surface area contributed by atoms with E-state index in [1.165, 1.54) is 19.3 Å². The molecule has 1 spiro atoms. The first-order chi connectivity index (χ1) is 9.68. The van der Waals surface area contributed by atoms with E-state index < -0.39 is 6.10 Å². The highest BCUT2D eigenvalue weighted by atomic mass is 16.5. The molecule has 2 unspecified atom stereocenters. The fraction of sp³-hybridized carbons (Fsp3) is 0.647. The van der Waals surface area contributed by atoms with E-state index >= 15 is 0 Å². The van der Waals surface area contributed by atoms with Crippen LogP contribution >= 0.6 is 0 Å². The minimum atomic E-state index is -0.420. The van der Waals surface area contributed by atoms with Gasteiger partial charge in [0.15, 0.2) is 0 Å². The van der Waals surface area contributed by atoms with Gasteiger partial charge in [-0.15, -0.1) is 0 Å². The van der Waals surface area contributed by atoms with Crippen molar-refractivity contribution in [2.75, 3.05) is 7.11 Å². The van der Waals surface area contributed by atoms with Crippen LogP contribution in [0.1, 0.15) is 57.1 Å². The molecule has 0 aromatic heterocycles. The second-order valence-corrected chi connectivity index (χ2v) is 6.14. The molecule has 0 radical (unpaired) electrons. The van der Waals surface area contributed by atoms with Gasteiger partial charge >= 0.3 is 0 Å². The Morgan fingerprint density at radius 1 is 1.40 bits per heavy atom. The number of methoxy groups -OCH3 is 1. The Morgan fingerprint density at radius 3 is 3.00 bits per heavy atom. The first kappa shape index (κ1) is 13.7. The van der Waals surface area contributed by atoms with Crippen molar-refractivity contribution in [3.8, 4) is 11.5 Å². The summed E-state index contributed by atoms with van der Waals surface area (Å²) in [5, 5.41) is 10.5. The van der Waals surface area contributed by atoms with E-state index in [4.69, 9.17) is 9.47 Å². The predicted octanol–water partition coefficient (Wildman–Crippen LogP) is 3.85. The molecule has 1 fully saturated rings. The van der Waals surface area contributed by atoms with E-state index in [9.17, 15) is 5.11 Å². The molecule has 2 aliphatic rings. The van der Waals surface area contributed by atoms with Crippen LogP contribution in [0.15, 0.2) is 18.2 Å². The molecule has 3 nitrogen and oxygen atoms in total. The summed E-state index contributed by atoms with van der Waals surface area (Å²) >= 11 is 0. The van der Waals surface area contributed by atoms with Crippen molar-refractivity contribution in [3.05, 3.63) is 23.8 Å². The van der Waals surface area contributed by atoms with Gasteiger partial charge in [0.25, 0.3) is 0 Å². The van der Waals surface area contributed by atoms with Crippen molar-refractivity contribution in [2.24, 2.45) is 5.92 Å². The summed E-state index contributed by atoms with van der Waals surface area (Å²) in [4.78, 5) is 0. The van der Waals surface area contributed by atoms with Gasteiger partial charge in [0, 0.05) is 18.1 Å². The van der Waals surface area contributed by atoms with Crippen molar-refractivity contribution in [1.82, 2.24) is 0 Å². The van der Waals surface area contributed by atoms with Crippen molar-refractivity contribution in [2.45, 2.75) is 57.2 Å². The number of hydrogen-bond donors (Lipinski definition) is 1. The molecule has 1 aromatic carbocycles. The monoisotopic (exact) mass is 276 g/mol. The highest BCUT2D eigenvalue weighted by Gasteiger charge is 2.46. The third-order valence-electron chi connectivity index (χ3n) is 5.07. The van der Waals surface area contributed by atoms with Crippen LogP contribution in [0.2, 0.25) is 0 Å². The molecule has 0 amide bonds. The van der Waals surface area contributed by atoms with Gasteiger partial charge in [0.05, 0.1) is 13.2 Å². The Morgan fingerprint density at radius 2 is 2.25 bits per heavy atom. The molecule has 1 heterocycles. The first-order valence-corrected chi connectivity index (χ1v) is 7.73. The first-order valence-electron chi connectivity index (χ1n) is 7.73. The van der Waals surface area contributed by atoms with Gasteiger partial charge in [-0.2, -0.15) is 0 Å². The number of aliphatic hydroxyl groups is 1. The smallest absolute Gasteiger partial charge is 0.129 e. The van der Waals surface area contributed by atoms with Gasteiger partial charge in [-0.25, -0.2) is 0 Å². The number of benzene rings is 1. The summed E-state index contributed by atoms with van der Waals surface area (Å²) in [6, 6.07) is 5.73. The molecule has 20 heavy (non-hydrogen) atoms. The van der Waals surface area contributed by atoms with Gasteiger partial charge in [-0.05, 0) is 43.7 Å². The Balaban J connectivity index is 1.97. The summed E-state index contributed by atoms with van der Waals surface area (Å²) in [5.41, 5.74) is 0.725. The molecule has 1 aliphatic carbocycles. The van der Waals surface area contributed by atoms with E-state index in [-0.39, 0.29) is 5.60 Å². The molecule has 3 rings (SSSR count). The minimum absolute atomic E-state index is 0.175. The van der Waals surface area contributed by atoms with E-state index in [0.717, 1.165) is 36.3 Å². The molecule has 1 aliphatic heterocycles. The molecule has 0 bridgehead atoms. The zero-order chi connectivity index (χ0) is 14.2. The average Bonchev–Trinajstić information content (AvgIpc) is 2.47. The highest BCUT2D eigenvalue weighted by Crippen LogP contribution is 2.50. The standard InChI is InChI=1S/C17H24O3/c1-3-12-6-4-5-9-17(12)11-15(18)14-8-7-13(19-2)10-16(14)20-17/h7-8,10,12,15,18H,3-6,9,11H2,1-2H3/t12?,15-,17?/m0/s1. The second-order valence-electron chi connectivity index (χ2n) is 6.14. The van der Waals surface area contributed by atoms with Gasteiger partial charge < -0.3 is 14.6 Å². The van der Waals surface area contributed by atoms with Crippen LogP contribution in [0.4, 0.5) is 0 Å². The maximum Gasteiger partial charge on any atom is 0.129 e. The lowest BCUT2D eigenvalue weighted by atomic mass is 9.69. The van der Waals surface area contributed by atoms with Crippen molar-refractivity contribution < 1.29 is 14.6 Å². The molecular weight excluding hydrogens is 252 g/mol. The predicted molar refractivity (Wildman–Crippen MR) is 78.2 cm³/mol. The second kappa shape index (κ2) is 5.28. The van der Waals surface area contributed by atoms with E-state index in [2.05, 4.69) is 6.92 Å². The van der Waals surface area contributed by atoms with E-state index in [0.29, 0.717) is 5.92 Å². The largest absolute Gasteiger partial charge is 0.497 e. The summed E-state index contributed by atoms with van der Waals surface area (Å²) < 4.78 is 11.7. The number of hydrogen-bond acceptors (Lipinski definition) is 3. The molecule has 110 valence electrons. The number of rotatable bonds is 2. The summed E-state index contributed by atoms with van der Waals surface area (Å²) in [6.45, 7) is 2.23. The van der Waals surface area contributed by atoms with Crippen LogP contribution in [0.5, 0.6) is 11.5 Å². The average molecular weight is 276 g/mol. The maximum absolute atomic E-state index is 10.5. The zero-order valence-electron chi connectivity index (χ0n) is 12.4. The zero-order valence-corrected chi connectivity index (χ0v) is 12.4. The van der Waals surface area contributed by atoms with Crippen molar-refractivity contribution >= 4 is 0 Å². The fourth-order valence-corrected chi connectivity index (χ4v) is 3.96. The van der Waals surface area contributed by atoms with Gasteiger partial charge in [0.2, 0.25) is 0 Å². The van der Waals surface area contributed by atoms with Crippen molar-refractivity contribution in [1.29, 1.82) is 0 Å². The van der Waals surface area contributed by atoms with Gasteiger partial charge in [0.1, 0.15) is 17.1 Å². The van der Waals surface area contributed by atoms with Gasteiger partial charge in [-0.1, -0.05) is 13.3 Å². The van der Waals surface area contributed by atoms with Crippen LogP contribution in [-0.2, 0) is 0 Å². The quantitative estimate of drug-likeness (QED) is 0.891. The van der Waals surface area contributed by atoms with Crippen molar-refractivity contribution in [3.63, 3.8) is 0 Å². The Labute approximate surface area is 120 Å². The van der Waals surface area contributed by atoms with E-state index in [1.807, 2.05) is 18.2 Å². The Hall–Kier alpha value is -1.22. The summed E-state index contributed by atoms with van der Waals surface area (Å²) in [6.07, 6.45) is 6.17. The SMILES string of the molecule is CCC1CCCCC12C[C@H](O)c1ccc(OC)cc1O2. The number of aliphatic hydroxyl groups excluding tert-OH is 1. The van der Waals surface area contributed by atoms with Crippen LogP contribution in [0.3, 0.4) is 0 Å². The van der Waals surface area contributed by atoms with Crippen LogP contribution in [-0.4, -0.2) is 17.8 Å². The summed E-state index contributed by atoms with van der Waals surface area (Å²) in [7, 11) is 1.66. The third kappa shape index (κ3) is 2.18. The van der Waals surface area contributed by atoms with Crippen LogP contribution in [0, 0.1) is 5.92 Å². The minimum Gasteiger partial charge on any atom is -0.497 e. The molecule has 1 N–H and O–H groups in total. The van der Waals surface area contributed by atoms with E-state index in [1.54, 1.807) is 7.11 Å². The molecule has 0 saturated heterocycles. The van der Waals surface area contributed by atoms with Crippen LogP contribution < -0.4 is 9.47 Å². The Kier molecular flexibility index (Phi) is 3.63. The molecular formula is C17H24O3. The summed E-state index contributed by atoms with van der Waals surface area (Å²) in [5.74, 6) is 2.14.